The Morgan fingerprint density at radius 2 is 1.63 bits per heavy atom. The monoisotopic (exact) mass is 418 g/mol. The Morgan fingerprint density at radius 1 is 1.07 bits per heavy atom. The molecule has 158 valence electrons. The largest absolute Gasteiger partial charge is 0.471 e. The molecule has 0 N–H and O–H groups in total. The lowest BCUT2D eigenvalue weighted by Crippen LogP contribution is -2.49. The van der Waals surface area contributed by atoms with E-state index in [2.05, 4.69) is 0 Å². The van der Waals surface area contributed by atoms with Gasteiger partial charge in [-0.05, 0) is 61.1 Å². The van der Waals surface area contributed by atoms with Crippen molar-refractivity contribution < 1.29 is 27.6 Å². The number of imide groups is 1. The number of benzene rings is 1. The molecule has 0 radical (unpaired) electrons. The molecule has 4 aliphatic carbocycles. The third-order valence-corrected chi connectivity index (χ3v) is 7.39. The van der Waals surface area contributed by atoms with E-state index >= 15 is 0 Å². The average Bonchev–Trinajstić information content (AvgIpc) is 3.47. The Morgan fingerprint density at radius 3 is 2.17 bits per heavy atom. The van der Waals surface area contributed by atoms with Gasteiger partial charge in [0.25, 0.3) is 0 Å². The minimum absolute atomic E-state index is 0.0288. The second-order valence-corrected chi connectivity index (χ2v) is 8.85. The van der Waals surface area contributed by atoms with Crippen molar-refractivity contribution in [3.63, 3.8) is 0 Å². The third-order valence-electron chi connectivity index (χ3n) is 7.39. The van der Waals surface area contributed by atoms with Crippen LogP contribution in [-0.4, -0.2) is 35.5 Å². The van der Waals surface area contributed by atoms with E-state index in [0.717, 1.165) is 11.3 Å². The number of rotatable bonds is 3. The summed E-state index contributed by atoms with van der Waals surface area (Å²) in [5.74, 6) is -3.31. The molecule has 3 fully saturated rings. The number of carbonyl (C=O) groups is 3. The number of amides is 3. The first-order chi connectivity index (χ1) is 14.1. The van der Waals surface area contributed by atoms with E-state index in [-0.39, 0.29) is 17.5 Å². The first kappa shape index (κ1) is 19.3. The van der Waals surface area contributed by atoms with Gasteiger partial charge in [0.2, 0.25) is 11.8 Å². The zero-order valence-corrected chi connectivity index (χ0v) is 16.5. The highest BCUT2D eigenvalue weighted by Crippen LogP contribution is 2.65. The molecule has 3 amide bonds. The number of alkyl halides is 3. The van der Waals surface area contributed by atoms with E-state index < -0.39 is 42.4 Å². The normalized spacial score (nSPS) is 33.6. The molecule has 1 aromatic rings. The summed E-state index contributed by atoms with van der Waals surface area (Å²) in [4.78, 5) is 40.0. The highest BCUT2D eigenvalue weighted by Gasteiger charge is 2.67. The van der Waals surface area contributed by atoms with Gasteiger partial charge >= 0.3 is 12.1 Å². The van der Waals surface area contributed by atoms with Crippen LogP contribution in [0.4, 0.5) is 18.9 Å². The van der Waals surface area contributed by atoms with Gasteiger partial charge in [-0.3, -0.25) is 24.2 Å². The Bertz CT molecular complexity index is 966. The molecule has 2 bridgehead atoms. The highest BCUT2D eigenvalue weighted by molar-refractivity contribution is 6.07. The van der Waals surface area contributed by atoms with Crippen LogP contribution in [0.25, 0.3) is 0 Å². The van der Waals surface area contributed by atoms with Gasteiger partial charge in [-0.15, -0.1) is 0 Å². The summed E-state index contributed by atoms with van der Waals surface area (Å²) in [7, 11) is 0. The molecule has 6 atom stereocenters. The molecular weight excluding hydrogens is 397 g/mol. The summed E-state index contributed by atoms with van der Waals surface area (Å²) in [6.07, 6.45) is -0.135. The van der Waals surface area contributed by atoms with Crippen LogP contribution in [0.2, 0.25) is 0 Å². The molecule has 2 saturated carbocycles. The van der Waals surface area contributed by atoms with Crippen LogP contribution in [-0.2, 0) is 14.4 Å². The number of carbonyl (C=O) groups excluding carboxylic acids is 3. The van der Waals surface area contributed by atoms with Crippen molar-refractivity contribution in [3.05, 3.63) is 41.5 Å². The highest BCUT2D eigenvalue weighted by atomic mass is 19.4. The molecule has 5 nitrogen and oxygen atoms in total. The molecule has 1 saturated heterocycles. The SMILES string of the molecule is Cc1cccc(N(CN2C(=O)C3C4C=CC(C5CC45)C3C2=O)C(=O)C(F)(F)F)c1C. The fraction of sp³-hybridized carbons (Fsp3) is 0.500. The van der Waals surface area contributed by atoms with E-state index in [0.29, 0.717) is 27.9 Å². The third kappa shape index (κ3) is 2.58. The van der Waals surface area contributed by atoms with E-state index in [1.54, 1.807) is 26.0 Å². The van der Waals surface area contributed by atoms with Gasteiger partial charge in [0.05, 0.1) is 11.8 Å². The predicted molar refractivity (Wildman–Crippen MR) is 101 cm³/mol. The molecule has 30 heavy (non-hydrogen) atoms. The lowest BCUT2D eigenvalue weighted by molar-refractivity contribution is -0.171. The fourth-order valence-electron chi connectivity index (χ4n) is 5.73. The van der Waals surface area contributed by atoms with Crippen molar-refractivity contribution in [1.29, 1.82) is 0 Å². The van der Waals surface area contributed by atoms with Crippen LogP contribution in [0.5, 0.6) is 0 Å². The summed E-state index contributed by atoms with van der Waals surface area (Å²) < 4.78 is 40.1. The topological polar surface area (TPSA) is 57.7 Å². The van der Waals surface area contributed by atoms with Gasteiger partial charge in [0.1, 0.15) is 6.67 Å². The first-order valence-electron chi connectivity index (χ1n) is 10.1. The van der Waals surface area contributed by atoms with Crippen molar-refractivity contribution in [2.75, 3.05) is 11.6 Å². The van der Waals surface area contributed by atoms with E-state index in [1.165, 1.54) is 6.07 Å². The molecule has 1 aromatic carbocycles. The molecule has 5 aliphatic rings. The number of hydrogen-bond donors (Lipinski definition) is 0. The molecule has 1 heterocycles. The number of anilines is 1. The van der Waals surface area contributed by atoms with Crippen LogP contribution in [0.3, 0.4) is 0 Å². The maximum Gasteiger partial charge on any atom is 0.471 e. The van der Waals surface area contributed by atoms with Crippen LogP contribution >= 0.6 is 0 Å². The van der Waals surface area contributed by atoms with Crippen molar-refractivity contribution >= 4 is 23.4 Å². The zero-order valence-electron chi connectivity index (χ0n) is 16.5. The van der Waals surface area contributed by atoms with Gasteiger partial charge in [-0.25, -0.2) is 0 Å². The first-order valence-corrected chi connectivity index (χ1v) is 10.1. The Labute approximate surface area is 171 Å². The molecule has 1 aliphatic heterocycles. The second-order valence-electron chi connectivity index (χ2n) is 8.85. The van der Waals surface area contributed by atoms with Crippen molar-refractivity contribution in [2.45, 2.75) is 26.4 Å². The molecule has 8 heteroatoms. The minimum atomic E-state index is -5.13. The quantitative estimate of drug-likeness (QED) is 0.560. The summed E-state index contributed by atoms with van der Waals surface area (Å²) in [6.45, 7) is 2.62. The number of allylic oxidation sites excluding steroid dienone is 2. The molecule has 0 spiro atoms. The fourth-order valence-corrected chi connectivity index (χ4v) is 5.73. The van der Waals surface area contributed by atoms with Gasteiger partial charge in [0, 0.05) is 5.69 Å². The number of aryl methyl sites for hydroxylation is 1. The Hall–Kier alpha value is -2.64. The van der Waals surface area contributed by atoms with E-state index in [1.807, 2.05) is 12.2 Å². The number of nitrogens with zero attached hydrogens (tertiary/aromatic N) is 2. The molecule has 0 aromatic heterocycles. The maximum absolute atomic E-state index is 13.4. The average molecular weight is 418 g/mol. The molecule has 6 rings (SSSR count). The van der Waals surface area contributed by atoms with Crippen molar-refractivity contribution in [3.8, 4) is 0 Å². The van der Waals surface area contributed by atoms with Gasteiger partial charge < -0.3 is 0 Å². The number of likely N-dealkylation sites (tertiary alicyclic amines) is 1. The van der Waals surface area contributed by atoms with Crippen molar-refractivity contribution in [1.82, 2.24) is 4.90 Å². The van der Waals surface area contributed by atoms with Crippen LogP contribution in [0.15, 0.2) is 30.4 Å². The van der Waals surface area contributed by atoms with Crippen LogP contribution in [0.1, 0.15) is 17.5 Å². The van der Waals surface area contributed by atoms with Crippen LogP contribution < -0.4 is 4.90 Å². The standard InChI is InChI=1S/C22H21F3N2O3/c1-10-4-3-5-16(11(10)2)26(21(30)22(23,24)25)9-27-19(28)17-12-6-7-13(15-8-14(12)15)18(17)20(27)29/h3-7,12-15,17-18H,8-9H2,1-2H3. The predicted octanol–water partition coefficient (Wildman–Crippen LogP) is 3.21. The zero-order chi connectivity index (χ0) is 21.5. The summed E-state index contributed by atoms with van der Waals surface area (Å²) in [5.41, 5.74) is 1.26. The van der Waals surface area contributed by atoms with Gasteiger partial charge in [-0.1, -0.05) is 24.3 Å². The Kier molecular flexibility index (Phi) is 3.98. The second kappa shape index (κ2) is 6.18. The van der Waals surface area contributed by atoms with Gasteiger partial charge in [0.15, 0.2) is 0 Å². The number of hydrogen-bond acceptors (Lipinski definition) is 3. The van der Waals surface area contributed by atoms with E-state index in [4.69, 9.17) is 0 Å². The smallest absolute Gasteiger partial charge is 0.286 e. The lowest BCUT2D eigenvalue weighted by atomic mass is 9.63. The van der Waals surface area contributed by atoms with E-state index in [9.17, 15) is 27.6 Å². The number of halogens is 3. The summed E-state index contributed by atoms with van der Waals surface area (Å²) in [6, 6.07) is 4.69. The van der Waals surface area contributed by atoms with Crippen molar-refractivity contribution in [2.24, 2.45) is 35.5 Å². The Balaban J connectivity index is 1.50. The maximum atomic E-state index is 13.4. The summed E-state index contributed by atoms with van der Waals surface area (Å²) in [5, 5.41) is 0. The lowest BCUT2D eigenvalue weighted by Gasteiger charge is -2.37. The molecule has 6 unspecified atom stereocenters. The van der Waals surface area contributed by atoms with Gasteiger partial charge in [-0.2, -0.15) is 13.2 Å². The minimum Gasteiger partial charge on any atom is -0.286 e. The summed E-state index contributed by atoms with van der Waals surface area (Å²) >= 11 is 0. The molecular formula is C22H21F3N2O3. The van der Waals surface area contributed by atoms with Crippen LogP contribution in [0, 0.1) is 49.4 Å².